The molecule has 0 bridgehead atoms. The molecular formula is C18H27IN4O. The van der Waals surface area contributed by atoms with Crippen molar-refractivity contribution in [3.8, 4) is 12.3 Å². The van der Waals surface area contributed by atoms with Gasteiger partial charge in [0.25, 0.3) is 0 Å². The Morgan fingerprint density at radius 3 is 2.75 bits per heavy atom. The summed E-state index contributed by atoms with van der Waals surface area (Å²) in [5.74, 6) is 3.32. The van der Waals surface area contributed by atoms with Gasteiger partial charge in [-0.3, -0.25) is 4.90 Å². The van der Waals surface area contributed by atoms with Gasteiger partial charge >= 0.3 is 0 Å². The highest BCUT2D eigenvalue weighted by Crippen LogP contribution is 2.10. The zero-order valence-electron chi connectivity index (χ0n) is 14.3. The number of benzene rings is 1. The molecular weight excluding hydrogens is 415 g/mol. The quantitative estimate of drug-likeness (QED) is 0.306. The average Bonchev–Trinajstić information content (AvgIpc) is 2.59. The van der Waals surface area contributed by atoms with Crippen molar-refractivity contribution in [2.75, 3.05) is 39.4 Å². The van der Waals surface area contributed by atoms with Crippen LogP contribution in [0.3, 0.4) is 0 Å². The fourth-order valence-corrected chi connectivity index (χ4v) is 2.49. The average molecular weight is 442 g/mol. The lowest BCUT2D eigenvalue weighted by Gasteiger charge is -2.26. The second kappa shape index (κ2) is 12.1. The van der Waals surface area contributed by atoms with Crippen molar-refractivity contribution in [2.24, 2.45) is 4.99 Å². The molecule has 0 saturated carbocycles. The topological polar surface area (TPSA) is 48.9 Å². The van der Waals surface area contributed by atoms with Crippen LogP contribution in [0.15, 0.2) is 29.3 Å². The Hall–Kier alpha value is -1.30. The number of guanidine groups is 1. The summed E-state index contributed by atoms with van der Waals surface area (Å²) in [6.45, 7) is 8.60. The lowest BCUT2D eigenvalue weighted by atomic mass is 10.1. The number of nitrogens with zero attached hydrogens (tertiary/aromatic N) is 2. The second-order valence-corrected chi connectivity index (χ2v) is 5.46. The summed E-state index contributed by atoms with van der Waals surface area (Å²) in [4.78, 5) is 7.00. The molecule has 0 aliphatic carbocycles. The van der Waals surface area contributed by atoms with Crippen LogP contribution in [-0.2, 0) is 17.8 Å². The van der Waals surface area contributed by atoms with Gasteiger partial charge in [-0.1, -0.05) is 30.2 Å². The molecule has 1 saturated heterocycles. The van der Waals surface area contributed by atoms with E-state index in [1.807, 2.05) is 6.92 Å². The van der Waals surface area contributed by atoms with E-state index in [-0.39, 0.29) is 24.0 Å². The van der Waals surface area contributed by atoms with Gasteiger partial charge in [0.15, 0.2) is 5.96 Å². The molecule has 132 valence electrons. The van der Waals surface area contributed by atoms with Gasteiger partial charge < -0.3 is 15.4 Å². The van der Waals surface area contributed by atoms with Crippen LogP contribution in [0.25, 0.3) is 0 Å². The zero-order chi connectivity index (χ0) is 16.3. The minimum absolute atomic E-state index is 0. The highest BCUT2D eigenvalue weighted by molar-refractivity contribution is 14.0. The summed E-state index contributed by atoms with van der Waals surface area (Å²) >= 11 is 0. The molecule has 1 aliphatic rings. The number of aliphatic imine (C=N–C) groups is 1. The van der Waals surface area contributed by atoms with Gasteiger partial charge in [-0.2, -0.15) is 0 Å². The van der Waals surface area contributed by atoms with E-state index in [0.29, 0.717) is 13.1 Å². The Kier molecular flexibility index (Phi) is 10.5. The number of nitrogens with one attached hydrogen (secondary N) is 2. The third kappa shape index (κ3) is 7.51. The molecule has 0 unspecified atom stereocenters. The summed E-state index contributed by atoms with van der Waals surface area (Å²) in [6.07, 6.45) is 5.28. The molecule has 2 rings (SSSR count). The summed E-state index contributed by atoms with van der Waals surface area (Å²) < 4.78 is 5.39. The summed E-state index contributed by atoms with van der Waals surface area (Å²) in [5, 5.41) is 6.29. The molecule has 0 aromatic heterocycles. The van der Waals surface area contributed by atoms with E-state index in [2.05, 4.69) is 50.7 Å². The van der Waals surface area contributed by atoms with Gasteiger partial charge in [-0.15, -0.1) is 30.4 Å². The highest BCUT2D eigenvalue weighted by atomic mass is 127. The molecule has 0 radical (unpaired) electrons. The third-order valence-electron chi connectivity index (χ3n) is 3.62. The first-order valence-electron chi connectivity index (χ1n) is 8.15. The van der Waals surface area contributed by atoms with Crippen molar-refractivity contribution >= 4 is 29.9 Å². The van der Waals surface area contributed by atoms with E-state index in [9.17, 15) is 0 Å². The van der Waals surface area contributed by atoms with Crippen molar-refractivity contribution in [1.29, 1.82) is 0 Å². The Morgan fingerprint density at radius 1 is 1.29 bits per heavy atom. The number of rotatable bonds is 6. The van der Waals surface area contributed by atoms with E-state index in [0.717, 1.165) is 45.4 Å². The van der Waals surface area contributed by atoms with Crippen LogP contribution >= 0.6 is 24.0 Å². The van der Waals surface area contributed by atoms with Crippen LogP contribution in [0.4, 0.5) is 0 Å². The summed E-state index contributed by atoms with van der Waals surface area (Å²) in [7, 11) is 0. The highest BCUT2D eigenvalue weighted by Gasteiger charge is 2.10. The van der Waals surface area contributed by atoms with Gasteiger partial charge in [0.1, 0.15) is 0 Å². The Bertz CT molecular complexity index is 550. The van der Waals surface area contributed by atoms with Crippen LogP contribution in [0.2, 0.25) is 0 Å². The number of hydrogen-bond acceptors (Lipinski definition) is 3. The predicted molar refractivity (Wildman–Crippen MR) is 110 cm³/mol. The van der Waals surface area contributed by atoms with Gasteiger partial charge in [-0.05, 0) is 18.1 Å². The Balaban J connectivity index is 0.00000288. The van der Waals surface area contributed by atoms with Gasteiger partial charge in [-0.25, -0.2) is 4.99 Å². The number of terminal acetylenes is 1. The van der Waals surface area contributed by atoms with Crippen LogP contribution in [0.5, 0.6) is 0 Å². The van der Waals surface area contributed by atoms with E-state index in [1.54, 1.807) is 0 Å². The van der Waals surface area contributed by atoms with Crippen LogP contribution in [-0.4, -0.2) is 50.3 Å². The Morgan fingerprint density at radius 2 is 2.04 bits per heavy atom. The van der Waals surface area contributed by atoms with Gasteiger partial charge in [0, 0.05) is 26.2 Å². The van der Waals surface area contributed by atoms with E-state index in [1.165, 1.54) is 11.1 Å². The normalized spacial score (nSPS) is 15.2. The van der Waals surface area contributed by atoms with Crippen molar-refractivity contribution in [1.82, 2.24) is 15.5 Å². The second-order valence-electron chi connectivity index (χ2n) is 5.46. The first-order chi connectivity index (χ1) is 11.3. The molecule has 1 aliphatic heterocycles. The molecule has 2 N–H and O–H groups in total. The molecule has 1 fully saturated rings. The molecule has 6 heteroatoms. The van der Waals surface area contributed by atoms with Gasteiger partial charge in [0.2, 0.25) is 0 Å². The van der Waals surface area contributed by atoms with Crippen molar-refractivity contribution in [3.05, 3.63) is 35.4 Å². The van der Waals surface area contributed by atoms with E-state index >= 15 is 0 Å². The maximum absolute atomic E-state index is 5.39. The molecule has 0 atom stereocenters. The fraction of sp³-hybridized carbons (Fsp3) is 0.500. The van der Waals surface area contributed by atoms with Crippen molar-refractivity contribution in [3.63, 3.8) is 0 Å². The fourth-order valence-electron chi connectivity index (χ4n) is 2.49. The largest absolute Gasteiger partial charge is 0.379 e. The van der Waals surface area contributed by atoms with Gasteiger partial charge in [0.05, 0.1) is 26.3 Å². The monoisotopic (exact) mass is 442 g/mol. The zero-order valence-corrected chi connectivity index (χ0v) is 16.6. The molecule has 1 aromatic carbocycles. The lowest BCUT2D eigenvalue weighted by molar-refractivity contribution is 0.0342. The summed E-state index contributed by atoms with van der Waals surface area (Å²) in [5.41, 5.74) is 2.52. The predicted octanol–water partition coefficient (Wildman–Crippen LogP) is 1.83. The van der Waals surface area contributed by atoms with E-state index in [4.69, 9.17) is 11.2 Å². The Labute approximate surface area is 162 Å². The van der Waals surface area contributed by atoms with Crippen LogP contribution < -0.4 is 10.6 Å². The molecule has 5 nitrogen and oxygen atoms in total. The number of halogens is 1. The maximum Gasteiger partial charge on any atom is 0.192 e. The van der Waals surface area contributed by atoms with Crippen LogP contribution in [0, 0.1) is 12.3 Å². The van der Waals surface area contributed by atoms with Crippen molar-refractivity contribution < 1.29 is 4.74 Å². The maximum atomic E-state index is 5.39. The first kappa shape index (κ1) is 20.7. The third-order valence-corrected chi connectivity index (χ3v) is 3.62. The molecule has 0 spiro atoms. The number of hydrogen-bond donors (Lipinski definition) is 2. The molecule has 1 aromatic rings. The van der Waals surface area contributed by atoms with E-state index < -0.39 is 0 Å². The number of ether oxygens (including phenoxy) is 1. The van der Waals surface area contributed by atoms with Crippen molar-refractivity contribution in [2.45, 2.75) is 20.0 Å². The minimum Gasteiger partial charge on any atom is -0.379 e. The minimum atomic E-state index is 0. The number of morpholine rings is 1. The SMILES string of the molecule is C#CCNC(=NCc1cccc(CN2CCOCC2)c1)NCC.I. The molecule has 1 heterocycles. The molecule has 0 amide bonds. The standard InChI is InChI=1S/C18H26N4O.HI/c1-3-8-20-18(19-4-2)21-14-16-6-5-7-17(13-16)15-22-9-11-23-12-10-22;/h1,5-7,13H,4,8-12,14-15H2,2H3,(H2,19,20,21);1H. The summed E-state index contributed by atoms with van der Waals surface area (Å²) in [6, 6.07) is 8.60. The first-order valence-corrected chi connectivity index (χ1v) is 8.15. The smallest absolute Gasteiger partial charge is 0.192 e. The lowest BCUT2D eigenvalue weighted by Crippen LogP contribution is -2.37. The molecule has 24 heavy (non-hydrogen) atoms. The van der Waals surface area contributed by atoms with Crippen LogP contribution in [0.1, 0.15) is 18.1 Å².